The first-order chi connectivity index (χ1) is 16.3. The molecule has 0 saturated heterocycles. The molecule has 2 aliphatic rings. The molecule has 175 valence electrons. The number of aromatic nitrogens is 1. The van der Waals surface area contributed by atoms with Gasteiger partial charge in [0.15, 0.2) is 0 Å². The number of hydrogen-bond acceptors (Lipinski definition) is 2. The van der Waals surface area contributed by atoms with E-state index in [-0.39, 0.29) is 30.9 Å². The van der Waals surface area contributed by atoms with E-state index in [1.165, 1.54) is 5.56 Å². The molecule has 4 heteroatoms. The van der Waals surface area contributed by atoms with E-state index in [1.807, 2.05) is 24.4 Å². The molecular weight excluding hydrogens is 626 g/mol. The van der Waals surface area contributed by atoms with Gasteiger partial charge in [-0.15, -0.1) is 28.0 Å². The zero-order chi connectivity index (χ0) is 23.5. The summed E-state index contributed by atoms with van der Waals surface area (Å²) in [6, 6.07) is 28.9. The van der Waals surface area contributed by atoms with Gasteiger partial charge in [-0.1, -0.05) is 99.7 Å². The van der Waals surface area contributed by atoms with Gasteiger partial charge in [0.05, 0.1) is 0 Å². The molecule has 0 amide bonds. The van der Waals surface area contributed by atoms with Crippen molar-refractivity contribution in [2.75, 3.05) is 0 Å². The van der Waals surface area contributed by atoms with E-state index in [4.69, 9.17) is 4.98 Å². The monoisotopic (exact) mass is 651 g/mol. The van der Waals surface area contributed by atoms with Crippen LogP contribution in [0.1, 0.15) is 49.9 Å². The van der Waals surface area contributed by atoms with E-state index in [0.717, 1.165) is 54.3 Å². The first-order valence-electron chi connectivity index (χ1n) is 11.9. The summed E-state index contributed by atoms with van der Waals surface area (Å²) in [7, 11) is -3.09. The Balaban J connectivity index is 0.00000229. The van der Waals surface area contributed by atoms with E-state index in [0.29, 0.717) is 0 Å². The second-order valence-electron chi connectivity index (χ2n) is 10.7. The van der Waals surface area contributed by atoms with Crippen LogP contribution in [0.15, 0.2) is 79.0 Å². The summed E-state index contributed by atoms with van der Waals surface area (Å²) in [5, 5.41) is 6.19. The van der Waals surface area contributed by atoms with E-state index >= 15 is 4.57 Å². The number of nitrogens with zero attached hydrogens (tertiary/aromatic N) is 1. The summed E-state index contributed by atoms with van der Waals surface area (Å²) >= 11 is 0. The molecule has 0 saturated carbocycles. The maximum absolute atomic E-state index is 15.6. The van der Waals surface area contributed by atoms with Gasteiger partial charge in [0.25, 0.3) is 0 Å². The molecule has 1 unspecified atom stereocenters. The Kier molecular flexibility index (Phi) is 4.73. The average molecular weight is 651 g/mol. The molecule has 4 aromatic carbocycles. The number of rotatable bonds is 0. The zero-order valence-corrected chi connectivity index (χ0v) is 23.4. The minimum absolute atomic E-state index is 0. The van der Waals surface area contributed by atoms with Crippen molar-refractivity contribution in [2.24, 2.45) is 0 Å². The van der Waals surface area contributed by atoms with E-state index in [2.05, 4.69) is 88.4 Å². The molecule has 5 aromatic rings. The smallest absolute Gasteiger partial charge is 0.136 e. The van der Waals surface area contributed by atoms with Crippen molar-refractivity contribution in [3.63, 3.8) is 0 Å². The number of hydrogen-bond donors (Lipinski definition) is 0. The molecule has 2 nitrogen and oxygen atoms in total. The quantitative estimate of drug-likeness (QED) is 0.115. The summed E-state index contributed by atoms with van der Waals surface area (Å²) in [6.45, 7) is 9.06. The minimum Gasteiger partial charge on any atom is -0.318 e. The molecule has 7 rings (SSSR count). The Morgan fingerprint density at radius 1 is 0.771 bits per heavy atom. The molecule has 35 heavy (non-hydrogen) atoms. The van der Waals surface area contributed by atoms with Crippen LogP contribution in [0.4, 0.5) is 0 Å². The minimum atomic E-state index is -3.09. The first-order valence-corrected chi connectivity index (χ1v) is 13.6. The van der Waals surface area contributed by atoms with Crippen molar-refractivity contribution in [3.8, 4) is 0 Å². The third-order valence-corrected chi connectivity index (χ3v) is 11.4. The second-order valence-corrected chi connectivity index (χ2v) is 13.3. The van der Waals surface area contributed by atoms with Gasteiger partial charge in [-0.3, -0.25) is 0 Å². The van der Waals surface area contributed by atoms with Crippen LogP contribution in [0.3, 0.4) is 0 Å². The first kappa shape index (κ1) is 22.9. The molecule has 0 aliphatic carbocycles. The van der Waals surface area contributed by atoms with Crippen LogP contribution in [0.25, 0.3) is 21.7 Å². The molecule has 0 bridgehead atoms. The van der Waals surface area contributed by atoms with Crippen LogP contribution in [-0.4, -0.2) is 4.98 Å². The van der Waals surface area contributed by atoms with E-state index in [1.54, 1.807) is 0 Å². The van der Waals surface area contributed by atoms with Crippen molar-refractivity contribution in [1.82, 2.24) is 4.98 Å². The Morgan fingerprint density at radius 3 is 2.09 bits per heavy atom. The maximum Gasteiger partial charge on any atom is 0.136 e. The summed E-state index contributed by atoms with van der Waals surface area (Å²) in [6.07, 6.45) is 1.85. The van der Waals surface area contributed by atoms with Crippen LogP contribution >= 0.6 is 7.14 Å². The van der Waals surface area contributed by atoms with Gasteiger partial charge in [0, 0.05) is 36.9 Å². The number of pyridine rings is 1. The van der Waals surface area contributed by atoms with Crippen LogP contribution in [0.2, 0.25) is 0 Å². The summed E-state index contributed by atoms with van der Waals surface area (Å²) < 4.78 is 15.6. The molecule has 2 aliphatic heterocycles. The fourth-order valence-corrected chi connectivity index (χ4v) is 10.6. The van der Waals surface area contributed by atoms with Crippen LogP contribution < -0.4 is 15.9 Å². The molecule has 0 N–H and O–H groups in total. The Hall–Kier alpha value is -2.57. The largest absolute Gasteiger partial charge is 0.318 e. The Morgan fingerprint density at radius 2 is 1.40 bits per heavy atom. The van der Waals surface area contributed by atoms with Gasteiger partial charge in [-0.05, 0) is 38.9 Å². The van der Waals surface area contributed by atoms with Crippen molar-refractivity contribution >= 4 is 44.7 Å². The van der Waals surface area contributed by atoms with Gasteiger partial charge >= 0.3 is 0 Å². The topological polar surface area (TPSA) is 30.0 Å². The molecule has 0 spiro atoms. The van der Waals surface area contributed by atoms with E-state index in [9.17, 15) is 0 Å². The van der Waals surface area contributed by atoms with Crippen molar-refractivity contribution in [3.05, 3.63) is 107 Å². The Bertz CT molecular complexity index is 1740. The van der Waals surface area contributed by atoms with E-state index < -0.39 is 7.14 Å². The average Bonchev–Trinajstić information content (AvgIpc) is 2.85. The van der Waals surface area contributed by atoms with Crippen LogP contribution in [0.5, 0.6) is 0 Å². The molecule has 1 atom stereocenters. The molecule has 0 fully saturated rings. The van der Waals surface area contributed by atoms with Gasteiger partial charge in [0.1, 0.15) is 7.14 Å². The van der Waals surface area contributed by atoms with Crippen molar-refractivity contribution in [2.45, 2.75) is 38.5 Å². The predicted molar refractivity (Wildman–Crippen MR) is 142 cm³/mol. The molecule has 1 radical (unpaired) electrons. The summed E-state index contributed by atoms with van der Waals surface area (Å²) in [4.78, 5) is 4.77. The van der Waals surface area contributed by atoms with Gasteiger partial charge in [-0.25, -0.2) is 0 Å². The third-order valence-electron chi connectivity index (χ3n) is 8.17. The third kappa shape index (κ3) is 2.65. The Labute approximate surface area is 219 Å². The number of benzene rings is 4. The van der Waals surface area contributed by atoms with Crippen LogP contribution in [0, 0.1) is 6.07 Å². The molecule has 1 aromatic heterocycles. The normalized spacial score (nSPS) is 20.5. The van der Waals surface area contributed by atoms with Crippen LogP contribution in [-0.2, 0) is 35.5 Å². The fraction of sp³-hybridized carbons (Fsp3) is 0.194. The standard InChI is InChI=1S/C31H25NOP.Ir/c1-30(2)22-11-5-7-13-25(22)34(33)26-14-8-6-12-23(26)31(3,4)27-20-16-15-19-10-9-17-32-28(19)21(20)18-24(30)29(27)34;/h5-17H,1-4H3;/q-1;. The van der Waals surface area contributed by atoms with Crippen molar-refractivity contribution < 1.29 is 24.7 Å². The van der Waals surface area contributed by atoms with Gasteiger partial charge in [-0.2, -0.15) is 0 Å². The molecular formula is C31H25IrNOP-. The molecule has 3 heterocycles. The zero-order valence-electron chi connectivity index (χ0n) is 20.1. The predicted octanol–water partition coefficient (Wildman–Crippen LogP) is 6.10. The SMILES string of the molecule is CC1(C)c2[c-]c3c(ccc4cccnc43)c3c2P(=O)(c2ccccc21)c1ccccc1C3(C)C.[Ir]. The van der Waals surface area contributed by atoms with Gasteiger partial charge < -0.3 is 9.55 Å². The summed E-state index contributed by atoms with van der Waals surface area (Å²) in [5.74, 6) is 0. The fourth-order valence-electron chi connectivity index (χ4n) is 6.51. The summed E-state index contributed by atoms with van der Waals surface area (Å²) in [5.41, 5.74) is 4.83. The van der Waals surface area contributed by atoms with Crippen molar-refractivity contribution in [1.29, 1.82) is 0 Å². The maximum atomic E-state index is 15.6. The second kappa shape index (κ2) is 7.23. The number of fused-ring (bicyclic) bond motifs is 8. The van der Waals surface area contributed by atoms with Gasteiger partial charge in [0.2, 0.25) is 0 Å².